The molecule has 0 amide bonds. The van der Waals surface area contributed by atoms with Crippen LogP contribution >= 0.6 is 11.8 Å². The number of carbonyl (C=O) groups is 1. The molecular weight excluding hydrogens is 348 g/mol. The van der Waals surface area contributed by atoms with Crippen LogP contribution in [0.1, 0.15) is 6.92 Å². The van der Waals surface area contributed by atoms with E-state index in [1.54, 1.807) is 13.1 Å². The Morgan fingerprint density at radius 2 is 1.96 bits per heavy atom. The number of aliphatic hydroxyl groups excluding tert-OH is 1. The van der Waals surface area contributed by atoms with Gasteiger partial charge in [-0.15, -0.1) is 0 Å². The smallest absolute Gasteiger partial charge is 0.344 e. The van der Waals surface area contributed by atoms with Crippen molar-refractivity contribution in [2.24, 2.45) is 4.99 Å². The number of hydrogen-bond donors (Lipinski definition) is 1. The Bertz CT molecular complexity index is 940. The number of ether oxygens (including phenoxy) is 1. The van der Waals surface area contributed by atoms with E-state index in [-0.39, 0.29) is 17.9 Å². The highest BCUT2D eigenvalue weighted by molar-refractivity contribution is 8.18. The Balaban J connectivity index is 2.12. The third-order valence-electron chi connectivity index (χ3n) is 3.73. The quantitative estimate of drug-likeness (QED) is 0.811. The van der Waals surface area contributed by atoms with Crippen LogP contribution in [0.15, 0.2) is 69.9 Å². The van der Waals surface area contributed by atoms with E-state index >= 15 is 0 Å². The molecule has 0 bridgehead atoms. The highest BCUT2D eigenvalue weighted by Gasteiger charge is 2.33. The fraction of sp³-hybridized carbons (Fsp3) is 0.200. The monoisotopic (exact) mass is 368 g/mol. The second-order valence-electron chi connectivity index (χ2n) is 5.92. The van der Waals surface area contributed by atoms with Gasteiger partial charge in [-0.05, 0) is 18.4 Å². The Morgan fingerprint density at radius 1 is 1.23 bits per heavy atom. The van der Waals surface area contributed by atoms with E-state index in [9.17, 15) is 9.90 Å². The van der Waals surface area contributed by atoms with Crippen molar-refractivity contribution in [3.05, 3.63) is 64.9 Å². The zero-order chi connectivity index (χ0) is 18.7. The molecule has 0 aliphatic carbocycles. The average Bonchev–Trinajstić information content (AvgIpc) is 2.90. The van der Waals surface area contributed by atoms with E-state index in [4.69, 9.17) is 4.74 Å². The van der Waals surface area contributed by atoms with Crippen LogP contribution in [-0.2, 0) is 9.53 Å². The first kappa shape index (κ1) is 18.1. The molecule has 0 spiro atoms. The second kappa shape index (κ2) is 7.66. The molecule has 1 aliphatic heterocycles. The lowest BCUT2D eigenvalue weighted by Crippen LogP contribution is -2.13. The number of benzene rings is 2. The molecule has 26 heavy (non-hydrogen) atoms. The predicted octanol–water partition coefficient (Wildman–Crippen LogP) is 4.39. The van der Waals surface area contributed by atoms with Gasteiger partial charge in [-0.1, -0.05) is 48.2 Å². The Hall–Kier alpha value is -2.73. The van der Waals surface area contributed by atoms with E-state index in [0.29, 0.717) is 9.95 Å². The minimum atomic E-state index is -0.571. The fourth-order valence-electron chi connectivity index (χ4n) is 2.63. The maximum absolute atomic E-state index is 12.4. The minimum absolute atomic E-state index is 0.0962. The van der Waals surface area contributed by atoms with Gasteiger partial charge in [0.05, 0.1) is 17.2 Å². The molecule has 0 saturated heterocycles. The van der Waals surface area contributed by atoms with Crippen LogP contribution in [0.4, 0.5) is 5.69 Å². The highest BCUT2D eigenvalue weighted by atomic mass is 32.2. The summed E-state index contributed by atoms with van der Waals surface area (Å²) in [5, 5.41) is 13.0. The number of hydrogen-bond acceptors (Lipinski definition) is 6. The SMILES string of the molecule is CCOC(=O)C1=C(O)/C(=C/N(C)C)SC1=Nc1cccc2ccccc12. The summed E-state index contributed by atoms with van der Waals surface area (Å²) >= 11 is 1.26. The number of fused-ring (bicyclic) bond motifs is 1. The maximum Gasteiger partial charge on any atom is 0.344 e. The standard InChI is InChI=1S/C20H20N2O3S/c1-4-25-20(24)17-18(23)16(12-22(2)3)26-19(17)21-15-11-7-9-13-8-5-6-10-14(13)15/h5-12,23H,4H2,1-3H3/b16-12-,21-19?. The summed E-state index contributed by atoms with van der Waals surface area (Å²) < 4.78 is 5.11. The zero-order valence-electron chi connectivity index (χ0n) is 14.9. The second-order valence-corrected chi connectivity index (χ2v) is 6.95. The molecule has 2 aromatic rings. The normalized spacial score (nSPS) is 17.3. The number of nitrogens with zero attached hydrogens (tertiary/aromatic N) is 2. The van der Waals surface area contributed by atoms with E-state index in [1.165, 1.54) is 11.8 Å². The number of esters is 1. The summed E-state index contributed by atoms with van der Waals surface area (Å²) in [4.78, 5) is 19.4. The number of thioether (sulfide) groups is 1. The van der Waals surface area contributed by atoms with Gasteiger partial charge in [-0.25, -0.2) is 9.79 Å². The van der Waals surface area contributed by atoms with E-state index in [0.717, 1.165) is 16.5 Å². The van der Waals surface area contributed by atoms with Crippen LogP contribution < -0.4 is 0 Å². The molecular formula is C20H20N2O3S. The molecule has 0 aromatic heterocycles. The molecule has 0 atom stereocenters. The van der Waals surface area contributed by atoms with Crippen molar-refractivity contribution >= 4 is 39.2 Å². The molecule has 134 valence electrons. The summed E-state index contributed by atoms with van der Waals surface area (Å²) in [6.45, 7) is 1.96. The minimum Gasteiger partial charge on any atom is -0.506 e. The third-order valence-corrected chi connectivity index (χ3v) is 4.74. The summed E-state index contributed by atoms with van der Waals surface area (Å²) in [7, 11) is 3.70. The van der Waals surface area contributed by atoms with Crippen LogP contribution in [-0.4, -0.2) is 41.7 Å². The van der Waals surface area contributed by atoms with Gasteiger partial charge in [-0.2, -0.15) is 0 Å². The largest absolute Gasteiger partial charge is 0.506 e. The summed E-state index contributed by atoms with van der Waals surface area (Å²) in [5.74, 6) is -0.667. The first-order valence-corrected chi connectivity index (χ1v) is 9.06. The Kier molecular flexibility index (Phi) is 5.32. The van der Waals surface area contributed by atoms with Crippen LogP contribution in [0.3, 0.4) is 0 Å². The van der Waals surface area contributed by atoms with Crippen molar-refractivity contribution in [2.75, 3.05) is 20.7 Å². The molecule has 2 aromatic carbocycles. The van der Waals surface area contributed by atoms with Gasteiger partial charge in [0.2, 0.25) is 0 Å². The predicted molar refractivity (Wildman–Crippen MR) is 107 cm³/mol. The van der Waals surface area contributed by atoms with E-state index in [2.05, 4.69) is 4.99 Å². The van der Waals surface area contributed by atoms with E-state index in [1.807, 2.05) is 61.5 Å². The van der Waals surface area contributed by atoms with Gasteiger partial charge >= 0.3 is 5.97 Å². The van der Waals surface area contributed by atoms with Crippen molar-refractivity contribution in [3.63, 3.8) is 0 Å². The van der Waals surface area contributed by atoms with Crippen LogP contribution in [0.2, 0.25) is 0 Å². The van der Waals surface area contributed by atoms with Gasteiger partial charge in [0, 0.05) is 25.7 Å². The molecule has 0 saturated carbocycles. The van der Waals surface area contributed by atoms with Crippen molar-refractivity contribution in [1.82, 2.24) is 4.90 Å². The molecule has 0 radical (unpaired) electrons. The molecule has 1 heterocycles. The lowest BCUT2D eigenvalue weighted by atomic mass is 10.1. The molecule has 3 rings (SSSR count). The summed E-state index contributed by atoms with van der Waals surface area (Å²) in [5.41, 5.74) is 0.851. The van der Waals surface area contributed by atoms with Crippen LogP contribution in [0, 0.1) is 0 Å². The maximum atomic E-state index is 12.4. The van der Waals surface area contributed by atoms with Gasteiger partial charge in [0.1, 0.15) is 16.4 Å². The van der Waals surface area contributed by atoms with Gasteiger partial charge in [0.15, 0.2) is 0 Å². The highest BCUT2D eigenvalue weighted by Crippen LogP contribution is 2.40. The molecule has 5 nitrogen and oxygen atoms in total. The lowest BCUT2D eigenvalue weighted by Gasteiger charge is -2.06. The van der Waals surface area contributed by atoms with Gasteiger partial charge in [0.25, 0.3) is 0 Å². The van der Waals surface area contributed by atoms with E-state index < -0.39 is 5.97 Å². The third kappa shape index (κ3) is 3.60. The molecule has 0 fully saturated rings. The average molecular weight is 368 g/mol. The van der Waals surface area contributed by atoms with Gasteiger partial charge < -0.3 is 14.7 Å². The molecule has 0 unspecified atom stereocenters. The number of aliphatic imine (C=N–C) groups is 1. The first-order chi connectivity index (χ1) is 12.5. The summed E-state index contributed by atoms with van der Waals surface area (Å²) in [6.07, 6.45) is 1.75. The summed E-state index contributed by atoms with van der Waals surface area (Å²) in [6, 6.07) is 13.7. The van der Waals surface area contributed by atoms with Crippen LogP contribution in [0.25, 0.3) is 10.8 Å². The first-order valence-electron chi connectivity index (χ1n) is 8.25. The van der Waals surface area contributed by atoms with Crippen molar-refractivity contribution < 1.29 is 14.6 Å². The zero-order valence-corrected chi connectivity index (χ0v) is 15.7. The number of aliphatic hydroxyl groups is 1. The lowest BCUT2D eigenvalue weighted by molar-refractivity contribution is -0.138. The molecule has 6 heteroatoms. The van der Waals surface area contributed by atoms with Gasteiger partial charge in [-0.3, -0.25) is 0 Å². The number of carbonyl (C=O) groups excluding carboxylic acids is 1. The number of rotatable bonds is 4. The van der Waals surface area contributed by atoms with Crippen molar-refractivity contribution in [2.45, 2.75) is 6.92 Å². The van der Waals surface area contributed by atoms with Crippen molar-refractivity contribution in [3.8, 4) is 0 Å². The topological polar surface area (TPSA) is 62.1 Å². The molecule has 1 aliphatic rings. The van der Waals surface area contributed by atoms with Crippen LogP contribution in [0.5, 0.6) is 0 Å². The Morgan fingerprint density at radius 3 is 2.69 bits per heavy atom. The fourth-order valence-corrected chi connectivity index (χ4v) is 3.73. The Labute approximate surface area is 156 Å². The molecule has 1 N–H and O–H groups in total. The van der Waals surface area contributed by atoms with Crippen molar-refractivity contribution in [1.29, 1.82) is 0 Å².